The second kappa shape index (κ2) is 10.9. The number of aromatic nitrogens is 1. The summed E-state index contributed by atoms with van der Waals surface area (Å²) in [6.07, 6.45) is 0.605. The summed E-state index contributed by atoms with van der Waals surface area (Å²) in [6, 6.07) is 11.0. The molecule has 1 saturated carbocycles. The van der Waals surface area contributed by atoms with Gasteiger partial charge in [0, 0.05) is 41.0 Å². The highest BCUT2D eigenvalue weighted by molar-refractivity contribution is 6.38. The lowest BCUT2D eigenvalue weighted by atomic mass is 9.69. The first kappa shape index (κ1) is 26.6. The number of hydrogen-bond donors (Lipinski definition) is 4. The van der Waals surface area contributed by atoms with Crippen molar-refractivity contribution in [1.82, 2.24) is 15.2 Å². The summed E-state index contributed by atoms with van der Waals surface area (Å²) in [4.78, 5) is 16.3. The summed E-state index contributed by atoms with van der Waals surface area (Å²) in [6.45, 7) is 1.04. The zero-order valence-electron chi connectivity index (χ0n) is 20.5. The van der Waals surface area contributed by atoms with Crippen molar-refractivity contribution in [2.75, 3.05) is 27.7 Å². The van der Waals surface area contributed by atoms with E-state index in [0.29, 0.717) is 51.8 Å². The summed E-state index contributed by atoms with van der Waals surface area (Å²) in [5.41, 5.74) is 1.08. The SMILES string of the molecule is COc1cccc(C2(O)CCC(NCc3c(OC(=O)O)[nH]c4cc(Cl)cc(Cl)c34)CC2CN(C)C)c1. The summed E-state index contributed by atoms with van der Waals surface area (Å²) >= 11 is 12.6. The maximum Gasteiger partial charge on any atom is 0.512 e. The molecule has 0 spiro atoms. The molecule has 0 bridgehead atoms. The Labute approximate surface area is 220 Å². The van der Waals surface area contributed by atoms with Crippen LogP contribution in [0.25, 0.3) is 10.9 Å². The molecule has 0 radical (unpaired) electrons. The number of aromatic amines is 1. The molecule has 0 saturated heterocycles. The summed E-state index contributed by atoms with van der Waals surface area (Å²) < 4.78 is 10.4. The third-order valence-electron chi connectivity index (χ3n) is 6.91. The Morgan fingerprint density at radius 1 is 1.28 bits per heavy atom. The lowest BCUT2D eigenvalue weighted by molar-refractivity contribution is -0.0694. The van der Waals surface area contributed by atoms with Crippen molar-refractivity contribution in [1.29, 1.82) is 0 Å². The Balaban J connectivity index is 1.57. The fourth-order valence-corrected chi connectivity index (χ4v) is 5.87. The third-order valence-corrected chi connectivity index (χ3v) is 7.43. The van der Waals surface area contributed by atoms with Gasteiger partial charge in [0.1, 0.15) is 5.75 Å². The highest BCUT2D eigenvalue weighted by Gasteiger charge is 2.43. The molecule has 3 aromatic rings. The Hall–Kier alpha value is -2.49. The lowest BCUT2D eigenvalue weighted by Crippen LogP contribution is -2.49. The van der Waals surface area contributed by atoms with E-state index in [1.165, 1.54) is 0 Å². The number of halogens is 2. The van der Waals surface area contributed by atoms with Gasteiger partial charge in [-0.05, 0) is 63.2 Å². The van der Waals surface area contributed by atoms with Crippen molar-refractivity contribution in [3.63, 3.8) is 0 Å². The Kier molecular flexibility index (Phi) is 8.02. The Morgan fingerprint density at radius 2 is 2.06 bits per heavy atom. The largest absolute Gasteiger partial charge is 0.512 e. The van der Waals surface area contributed by atoms with E-state index < -0.39 is 11.8 Å². The minimum absolute atomic E-state index is 0.0361. The van der Waals surface area contributed by atoms with Crippen molar-refractivity contribution in [3.05, 3.63) is 57.6 Å². The van der Waals surface area contributed by atoms with E-state index in [1.807, 2.05) is 38.4 Å². The number of aliphatic hydroxyl groups is 1. The molecule has 1 fully saturated rings. The van der Waals surface area contributed by atoms with Gasteiger partial charge in [0.05, 0.1) is 23.3 Å². The van der Waals surface area contributed by atoms with Crippen LogP contribution in [-0.4, -0.2) is 60.0 Å². The molecule has 3 atom stereocenters. The van der Waals surface area contributed by atoms with E-state index in [4.69, 9.17) is 32.7 Å². The molecule has 194 valence electrons. The van der Waals surface area contributed by atoms with Crippen LogP contribution >= 0.6 is 23.2 Å². The number of hydrogen-bond acceptors (Lipinski definition) is 6. The van der Waals surface area contributed by atoms with Gasteiger partial charge in [-0.15, -0.1) is 0 Å². The highest BCUT2D eigenvalue weighted by atomic mass is 35.5. The molecular weight excluding hydrogens is 505 g/mol. The molecule has 1 aliphatic rings. The normalized spacial score (nSPS) is 22.2. The van der Waals surface area contributed by atoms with Crippen LogP contribution in [0.1, 0.15) is 30.4 Å². The number of methoxy groups -OCH3 is 1. The number of fused-ring (bicyclic) bond motifs is 1. The monoisotopic (exact) mass is 535 g/mol. The molecule has 4 rings (SSSR count). The molecule has 1 aliphatic carbocycles. The fourth-order valence-electron chi connectivity index (χ4n) is 5.26. The highest BCUT2D eigenvalue weighted by Crippen LogP contribution is 2.43. The second-order valence-electron chi connectivity index (χ2n) is 9.58. The van der Waals surface area contributed by atoms with Crippen LogP contribution < -0.4 is 14.8 Å². The van der Waals surface area contributed by atoms with Crippen LogP contribution in [0.3, 0.4) is 0 Å². The maximum atomic E-state index is 11.9. The van der Waals surface area contributed by atoms with Crippen LogP contribution in [0.2, 0.25) is 10.0 Å². The van der Waals surface area contributed by atoms with Gasteiger partial charge in [-0.25, -0.2) is 4.79 Å². The number of ether oxygens (including phenoxy) is 2. The number of carbonyl (C=O) groups is 1. The van der Waals surface area contributed by atoms with Crippen LogP contribution in [0, 0.1) is 5.92 Å². The summed E-state index contributed by atoms with van der Waals surface area (Å²) in [7, 11) is 5.61. The van der Waals surface area contributed by atoms with Crippen LogP contribution in [0.5, 0.6) is 11.6 Å². The maximum absolute atomic E-state index is 11.9. The minimum atomic E-state index is -1.42. The van der Waals surface area contributed by atoms with Crippen molar-refractivity contribution in [2.24, 2.45) is 5.92 Å². The molecule has 3 unspecified atom stereocenters. The first-order chi connectivity index (χ1) is 17.1. The van der Waals surface area contributed by atoms with Crippen molar-refractivity contribution in [3.8, 4) is 11.6 Å². The molecule has 4 N–H and O–H groups in total. The number of H-pyrrole nitrogens is 1. The first-order valence-corrected chi connectivity index (χ1v) is 12.5. The van der Waals surface area contributed by atoms with E-state index in [1.54, 1.807) is 19.2 Å². The minimum Gasteiger partial charge on any atom is -0.497 e. The van der Waals surface area contributed by atoms with Crippen molar-refractivity contribution < 1.29 is 24.5 Å². The van der Waals surface area contributed by atoms with Crippen LogP contribution in [-0.2, 0) is 12.1 Å². The average molecular weight is 536 g/mol. The molecule has 0 aliphatic heterocycles. The molecule has 8 nitrogen and oxygen atoms in total. The quantitative estimate of drug-likeness (QED) is 0.292. The fraction of sp³-hybridized carbons (Fsp3) is 0.423. The predicted octanol–water partition coefficient (Wildman–Crippen LogP) is 5.25. The molecular formula is C26H31Cl2N3O5. The van der Waals surface area contributed by atoms with Gasteiger partial charge in [-0.1, -0.05) is 35.3 Å². The third kappa shape index (κ3) is 5.58. The number of rotatable bonds is 8. The van der Waals surface area contributed by atoms with Crippen molar-refractivity contribution >= 4 is 40.3 Å². The van der Waals surface area contributed by atoms with E-state index in [2.05, 4.69) is 15.2 Å². The number of nitrogens with one attached hydrogen (secondary N) is 2. The van der Waals surface area contributed by atoms with Gasteiger partial charge in [0.2, 0.25) is 5.88 Å². The van der Waals surface area contributed by atoms with Gasteiger partial charge in [-0.3, -0.25) is 0 Å². The Morgan fingerprint density at radius 3 is 2.75 bits per heavy atom. The standard InChI is InChI=1S/C26H31Cl2N3O5/c1-31(2)14-16-9-18(7-8-26(16,34)15-5-4-6-19(10-15)35-3)29-13-20-23-21(28)11-17(27)12-22(23)30-24(20)36-25(32)33/h4-6,10-12,16,18,29-30,34H,7-9,13-14H2,1-3H3,(H,32,33). The van der Waals surface area contributed by atoms with Gasteiger partial charge in [-0.2, -0.15) is 0 Å². The molecule has 0 amide bonds. The zero-order valence-corrected chi connectivity index (χ0v) is 22.0. The summed E-state index contributed by atoms with van der Waals surface area (Å²) in [5, 5.41) is 26.1. The molecule has 36 heavy (non-hydrogen) atoms. The molecule has 1 aromatic heterocycles. The summed E-state index contributed by atoms with van der Waals surface area (Å²) in [5.74, 6) is 0.792. The first-order valence-electron chi connectivity index (χ1n) is 11.8. The average Bonchev–Trinajstić information content (AvgIpc) is 3.15. The van der Waals surface area contributed by atoms with E-state index in [-0.39, 0.29) is 17.8 Å². The van der Waals surface area contributed by atoms with Crippen LogP contribution in [0.15, 0.2) is 36.4 Å². The molecule has 2 aromatic carbocycles. The smallest absolute Gasteiger partial charge is 0.497 e. The lowest BCUT2D eigenvalue weighted by Gasteiger charge is -2.45. The topological polar surface area (TPSA) is 107 Å². The van der Waals surface area contributed by atoms with Gasteiger partial charge in [0.25, 0.3) is 0 Å². The zero-order chi connectivity index (χ0) is 26.0. The van der Waals surface area contributed by atoms with Gasteiger partial charge >= 0.3 is 6.16 Å². The van der Waals surface area contributed by atoms with Gasteiger partial charge in [0.15, 0.2) is 0 Å². The van der Waals surface area contributed by atoms with E-state index in [9.17, 15) is 15.0 Å². The molecule has 10 heteroatoms. The number of benzene rings is 2. The van der Waals surface area contributed by atoms with E-state index in [0.717, 1.165) is 18.4 Å². The number of nitrogens with zero attached hydrogens (tertiary/aromatic N) is 1. The van der Waals surface area contributed by atoms with Crippen molar-refractivity contribution in [2.45, 2.75) is 37.5 Å². The van der Waals surface area contributed by atoms with Gasteiger partial charge < -0.3 is 34.9 Å². The molecule has 1 heterocycles. The second-order valence-corrected chi connectivity index (χ2v) is 10.4. The van der Waals surface area contributed by atoms with Crippen LogP contribution in [0.4, 0.5) is 4.79 Å². The number of carboxylic acid groups (broad SMARTS) is 1. The van der Waals surface area contributed by atoms with E-state index >= 15 is 0 Å². The Bertz CT molecular complexity index is 1250. The predicted molar refractivity (Wildman–Crippen MR) is 140 cm³/mol.